The Morgan fingerprint density at radius 2 is 1.22 bits per heavy atom. The van der Waals surface area contributed by atoms with Crippen molar-refractivity contribution in [2.75, 3.05) is 0 Å². The maximum absolute atomic E-state index is 9.41. The maximum atomic E-state index is 9.41. The first-order valence-corrected chi connectivity index (χ1v) is 1.73. The number of aliphatic carboxylic acids is 2. The topological polar surface area (TPSA) is 80.3 Å². The fourth-order valence-electron chi connectivity index (χ4n) is 0.136. The molecule has 0 aliphatic carbocycles. The van der Waals surface area contributed by atoms with Crippen molar-refractivity contribution < 1.29 is 19.8 Å². The van der Waals surface area contributed by atoms with E-state index in [-0.39, 0.29) is 17.4 Å². The molecular weight excluding hydrogens is 139 g/mol. The maximum Gasteiger partial charge on any atom is 2.00 e. The Hall–Kier alpha value is -0.788. The van der Waals surface area contributed by atoms with Crippen molar-refractivity contribution in [3.8, 4) is 0 Å². The second kappa shape index (κ2) is 5.35. The molecule has 0 aromatic carbocycles. The average molecular weight is 141 g/mol. The summed E-state index contributed by atoms with van der Waals surface area (Å²) in [7, 11) is 0. The molecule has 0 bridgehead atoms. The van der Waals surface area contributed by atoms with Gasteiger partial charge in [-0.2, -0.15) is 0 Å². The van der Waals surface area contributed by atoms with Gasteiger partial charge in [-0.3, -0.25) is 0 Å². The van der Waals surface area contributed by atoms with E-state index < -0.39 is 11.9 Å². The molecule has 0 aliphatic heterocycles. The molecule has 4 nitrogen and oxygen atoms in total. The third-order valence-electron chi connectivity index (χ3n) is 0.355. The summed E-state index contributed by atoms with van der Waals surface area (Å²) in [4.78, 5) is 18.8. The van der Waals surface area contributed by atoms with Gasteiger partial charge < -0.3 is 19.8 Å². The standard InChI is InChI=1S/C4H4O4.Al/c5-3(6)1-2-4(7)8;/h1-2H,(H,5,6)(H,7,8);/q;+2/p-2/b2-1+;. The van der Waals surface area contributed by atoms with Crippen LogP contribution in [0.1, 0.15) is 0 Å². The summed E-state index contributed by atoms with van der Waals surface area (Å²) in [5, 5.41) is 18.8. The van der Waals surface area contributed by atoms with Crippen molar-refractivity contribution in [1.82, 2.24) is 0 Å². The summed E-state index contributed by atoms with van der Waals surface area (Å²) in [5.41, 5.74) is 0. The largest absolute Gasteiger partial charge is 2.00 e. The molecule has 0 N–H and O–H groups in total. The van der Waals surface area contributed by atoms with Gasteiger partial charge in [-0.15, -0.1) is 0 Å². The van der Waals surface area contributed by atoms with Crippen LogP contribution in [0.25, 0.3) is 0 Å². The number of carboxylic acids is 2. The Morgan fingerprint density at radius 3 is 1.33 bits per heavy atom. The zero-order chi connectivity index (χ0) is 6.57. The van der Waals surface area contributed by atoms with Crippen LogP contribution in [0.2, 0.25) is 0 Å². The molecule has 1 radical (unpaired) electrons. The van der Waals surface area contributed by atoms with Crippen molar-refractivity contribution in [2.24, 2.45) is 0 Å². The average Bonchev–Trinajstić information content (AvgIpc) is 1.61. The summed E-state index contributed by atoms with van der Waals surface area (Å²) in [5.74, 6) is -3.09. The van der Waals surface area contributed by atoms with Gasteiger partial charge in [-0.25, -0.2) is 0 Å². The number of carbonyl (C=O) groups is 2. The van der Waals surface area contributed by atoms with E-state index in [0.29, 0.717) is 12.2 Å². The van der Waals surface area contributed by atoms with Crippen molar-refractivity contribution in [2.45, 2.75) is 0 Å². The van der Waals surface area contributed by atoms with Gasteiger partial charge in [0, 0.05) is 0 Å². The molecule has 0 amide bonds. The van der Waals surface area contributed by atoms with Gasteiger partial charge in [0.05, 0.1) is 11.9 Å². The molecule has 0 saturated heterocycles. The quantitative estimate of drug-likeness (QED) is 0.297. The third-order valence-corrected chi connectivity index (χ3v) is 0.355. The van der Waals surface area contributed by atoms with Crippen LogP contribution in [0.3, 0.4) is 0 Å². The Bertz CT molecular complexity index is 124. The van der Waals surface area contributed by atoms with E-state index in [0.717, 1.165) is 0 Å². The minimum absolute atomic E-state index is 0. The third kappa shape index (κ3) is 11.0. The summed E-state index contributed by atoms with van der Waals surface area (Å²) >= 11 is 0. The summed E-state index contributed by atoms with van der Waals surface area (Å²) in [6.07, 6.45) is 0.769. The SMILES string of the molecule is O=C([O-])/C=C/C(=O)[O-].[Al+2]. The molecule has 0 atom stereocenters. The van der Waals surface area contributed by atoms with E-state index in [9.17, 15) is 19.8 Å². The van der Waals surface area contributed by atoms with E-state index in [1.165, 1.54) is 0 Å². The van der Waals surface area contributed by atoms with Gasteiger partial charge in [0.25, 0.3) is 0 Å². The molecule has 0 heterocycles. The van der Waals surface area contributed by atoms with E-state index in [1.807, 2.05) is 0 Å². The molecule has 0 rings (SSSR count). The van der Waals surface area contributed by atoms with Gasteiger partial charge in [-0.1, -0.05) is 0 Å². The first kappa shape index (κ1) is 11.1. The van der Waals surface area contributed by atoms with Gasteiger partial charge in [0.1, 0.15) is 0 Å². The molecule has 0 fully saturated rings. The monoisotopic (exact) mass is 141 g/mol. The molecule has 0 saturated carbocycles. The Balaban J connectivity index is 0. The van der Waals surface area contributed by atoms with E-state index in [4.69, 9.17) is 0 Å². The molecule has 9 heavy (non-hydrogen) atoms. The van der Waals surface area contributed by atoms with Crippen LogP contribution in [0.4, 0.5) is 0 Å². The number of hydrogen-bond donors (Lipinski definition) is 0. The van der Waals surface area contributed by atoms with Crippen LogP contribution in [0.15, 0.2) is 12.2 Å². The van der Waals surface area contributed by atoms with Crippen LogP contribution in [0.5, 0.6) is 0 Å². The van der Waals surface area contributed by atoms with Crippen LogP contribution in [0, 0.1) is 0 Å². The molecular formula is C4H2AlO4. The van der Waals surface area contributed by atoms with E-state index in [2.05, 4.69) is 0 Å². The molecule has 45 valence electrons. The fraction of sp³-hybridized carbons (Fsp3) is 0. The number of carbonyl (C=O) groups excluding carboxylic acids is 2. The van der Waals surface area contributed by atoms with Gasteiger partial charge in [0.15, 0.2) is 0 Å². The minimum Gasteiger partial charge on any atom is -0.545 e. The van der Waals surface area contributed by atoms with Crippen LogP contribution >= 0.6 is 0 Å². The minimum atomic E-state index is -1.55. The Labute approximate surface area is 61.9 Å². The molecule has 0 unspecified atom stereocenters. The van der Waals surface area contributed by atoms with Crippen molar-refractivity contribution in [3.63, 3.8) is 0 Å². The number of rotatable bonds is 2. The van der Waals surface area contributed by atoms with Gasteiger partial charge in [0.2, 0.25) is 0 Å². The normalized spacial score (nSPS) is 8.44. The molecule has 0 spiro atoms. The van der Waals surface area contributed by atoms with Crippen molar-refractivity contribution in [3.05, 3.63) is 12.2 Å². The first-order chi connectivity index (χ1) is 3.63. The Kier molecular flexibility index (Phi) is 6.58. The molecule has 5 heteroatoms. The summed E-state index contributed by atoms with van der Waals surface area (Å²) in [6.45, 7) is 0. The van der Waals surface area contributed by atoms with Crippen LogP contribution in [-0.4, -0.2) is 29.3 Å². The first-order valence-electron chi connectivity index (χ1n) is 1.73. The van der Waals surface area contributed by atoms with Crippen molar-refractivity contribution >= 4 is 29.3 Å². The predicted octanol–water partition coefficient (Wildman–Crippen LogP) is -3.34. The molecule has 0 aromatic heterocycles. The summed E-state index contributed by atoms with van der Waals surface area (Å²) in [6, 6.07) is 0. The van der Waals surface area contributed by atoms with Crippen LogP contribution in [-0.2, 0) is 9.59 Å². The smallest absolute Gasteiger partial charge is 0.545 e. The second-order valence-electron chi connectivity index (χ2n) is 0.971. The van der Waals surface area contributed by atoms with E-state index in [1.54, 1.807) is 0 Å². The summed E-state index contributed by atoms with van der Waals surface area (Å²) < 4.78 is 0. The second-order valence-corrected chi connectivity index (χ2v) is 0.971. The van der Waals surface area contributed by atoms with Crippen LogP contribution < -0.4 is 10.2 Å². The van der Waals surface area contributed by atoms with Gasteiger partial charge in [-0.05, 0) is 12.2 Å². The zero-order valence-corrected chi connectivity index (χ0v) is 5.52. The predicted molar refractivity (Wildman–Crippen MR) is 24.9 cm³/mol. The number of hydrogen-bond acceptors (Lipinski definition) is 4. The van der Waals surface area contributed by atoms with Crippen molar-refractivity contribution in [1.29, 1.82) is 0 Å². The fourth-order valence-corrected chi connectivity index (χ4v) is 0.136. The Morgan fingerprint density at radius 1 is 1.00 bits per heavy atom. The molecule has 0 aliphatic rings. The van der Waals surface area contributed by atoms with E-state index >= 15 is 0 Å². The molecule has 0 aromatic rings. The number of carboxylic acid groups (broad SMARTS) is 2. The van der Waals surface area contributed by atoms with Gasteiger partial charge >= 0.3 is 17.4 Å². The zero-order valence-electron chi connectivity index (χ0n) is 4.37.